The minimum absolute atomic E-state index is 0.225. The molecule has 0 aromatic heterocycles. The molecule has 3 nitrogen and oxygen atoms in total. The Balaban J connectivity index is 2.85. The van der Waals surface area contributed by atoms with Crippen molar-refractivity contribution in [3.05, 3.63) is 29.3 Å². The van der Waals surface area contributed by atoms with Gasteiger partial charge in [0.05, 0.1) is 5.69 Å². The van der Waals surface area contributed by atoms with Crippen molar-refractivity contribution in [2.75, 3.05) is 5.32 Å². The fourth-order valence-corrected chi connectivity index (χ4v) is 1.23. The van der Waals surface area contributed by atoms with Gasteiger partial charge in [0.15, 0.2) is 11.6 Å². The molecule has 1 aromatic rings. The highest BCUT2D eigenvalue weighted by Gasteiger charge is 2.18. The van der Waals surface area contributed by atoms with E-state index in [0.717, 1.165) is 6.07 Å². The van der Waals surface area contributed by atoms with Gasteiger partial charge in [-0.2, -0.15) is 0 Å². The molecule has 1 aromatic carbocycles. The van der Waals surface area contributed by atoms with Gasteiger partial charge in [-0.05, 0) is 45.4 Å². The molecule has 0 saturated carbocycles. The summed E-state index contributed by atoms with van der Waals surface area (Å²) in [7, 11) is 0. The molecule has 1 N–H and O–H groups in total. The van der Waals surface area contributed by atoms with Crippen LogP contribution in [0.5, 0.6) is 0 Å². The van der Waals surface area contributed by atoms with Crippen molar-refractivity contribution in [2.24, 2.45) is 0 Å². The number of halogens is 2. The molecule has 17 heavy (non-hydrogen) atoms. The molecule has 0 fully saturated rings. The van der Waals surface area contributed by atoms with Gasteiger partial charge in [0.25, 0.3) is 0 Å². The second-order valence-corrected chi connectivity index (χ2v) is 4.74. The third kappa shape index (κ3) is 4.01. The predicted molar refractivity (Wildman–Crippen MR) is 61.0 cm³/mol. The zero-order chi connectivity index (χ0) is 13.2. The van der Waals surface area contributed by atoms with Crippen LogP contribution in [0.15, 0.2) is 12.1 Å². The Kier molecular flexibility index (Phi) is 3.70. The first-order chi connectivity index (χ1) is 7.69. The summed E-state index contributed by atoms with van der Waals surface area (Å²) in [5, 5.41) is 2.17. The molecule has 0 bridgehead atoms. The highest BCUT2D eigenvalue weighted by atomic mass is 19.2. The molecule has 0 heterocycles. The summed E-state index contributed by atoms with van der Waals surface area (Å²) in [6.07, 6.45) is -0.818. The van der Waals surface area contributed by atoms with E-state index < -0.39 is 23.3 Å². The van der Waals surface area contributed by atoms with Crippen LogP contribution in [0, 0.1) is 18.6 Å². The van der Waals surface area contributed by atoms with Crippen LogP contribution >= 0.6 is 0 Å². The topological polar surface area (TPSA) is 38.3 Å². The third-order valence-corrected chi connectivity index (χ3v) is 1.81. The minimum atomic E-state index is -1.10. The SMILES string of the molecule is Cc1cc(F)c(F)c(NC(=O)OC(C)(C)C)c1. The van der Waals surface area contributed by atoms with Crippen LogP contribution in [0.1, 0.15) is 26.3 Å². The molecule has 1 amide bonds. The summed E-state index contributed by atoms with van der Waals surface area (Å²) in [6.45, 7) is 6.64. The highest BCUT2D eigenvalue weighted by molar-refractivity contribution is 5.85. The first-order valence-electron chi connectivity index (χ1n) is 5.15. The van der Waals surface area contributed by atoms with Gasteiger partial charge in [-0.25, -0.2) is 13.6 Å². The third-order valence-electron chi connectivity index (χ3n) is 1.81. The summed E-state index contributed by atoms with van der Waals surface area (Å²) >= 11 is 0. The number of carbonyl (C=O) groups is 1. The summed E-state index contributed by atoms with van der Waals surface area (Å²) in [5.74, 6) is -2.10. The Morgan fingerprint density at radius 2 is 1.88 bits per heavy atom. The summed E-state index contributed by atoms with van der Waals surface area (Å²) in [6, 6.07) is 2.39. The molecule has 0 aliphatic carbocycles. The maximum absolute atomic E-state index is 13.3. The molecular formula is C12H15F2NO2. The fourth-order valence-electron chi connectivity index (χ4n) is 1.23. The van der Waals surface area contributed by atoms with Gasteiger partial charge < -0.3 is 4.74 Å². The Labute approximate surface area is 98.8 Å². The molecule has 0 aliphatic rings. The van der Waals surface area contributed by atoms with Gasteiger partial charge >= 0.3 is 6.09 Å². The number of nitrogens with one attached hydrogen (secondary N) is 1. The monoisotopic (exact) mass is 243 g/mol. The quantitative estimate of drug-likeness (QED) is 0.818. The van der Waals surface area contributed by atoms with Crippen LogP contribution in [0.4, 0.5) is 19.3 Å². The van der Waals surface area contributed by atoms with E-state index in [1.165, 1.54) is 6.07 Å². The predicted octanol–water partition coefficient (Wildman–Crippen LogP) is 3.62. The van der Waals surface area contributed by atoms with Crippen LogP contribution in [0.2, 0.25) is 0 Å². The van der Waals surface area contributed by atoms with E-state index in [2.05, 4.69) is 5.32 Å². The average Bonchev–Trinajstić information content (AvgIpc) is 2.10. The summed E-state index contributed by atoms with van der Waals surface area (Å²) in [4.78, 5) is 11.4. The number of benzene rings is 1. The van der Waals surface area contributed by atoms with Gasteiger partial charge in [-0.1, -0.05) is 0 Å². The Hall–Kier alpha value is -1.65. The average molecular weight is 243 g/mol. The second kappa shape index (κ2) is 4.69. The summed E-state index contributed by atoms with van der Waals surface area (Å²) < 4.78 is 31.3. The lowest BCUT2D eigenvalue weighted by Gasteiger charge is -2.20. The van der Waals surface area contributed by atoms with E-state index in [9.17, 15) is 13.6 Å². The number of hydrogen-bond acceptors (Lipinski definition) is 2. The number of amides is 1. The van der Waals surface area contributed by atoms with E-state index in [4.69, 9.17) is 4.74 Å². The van der Waals surface area contributed by atoms with Crippen molar-refractivity contribution in [1.82, 2.24) is 0 Å². The standard InChI is InChI=1S/C12H15F2NO2/c1-7-5-8(13)10(14)9(6-7)15-11(16)17-12(2,3)4/h5-6H,1-4H3,(H,15,16). The Bertz CT molecular complexity index is 439. The van der Waals surface area contributed by atoms with Crippen molar-refractivity contribution >= 4 is 11.8 Å². The van der Waals surface area contributed by atoms with Gasteiger partial charge in [0.2, 0.25) is 0 Å². The van der Waals surface area contributed by atoms with E-state index in [1.54, 1.807) is 27.7 Å². The van der Waals surface area contributed by atoms with Crippen molar-refractivity contribution in [3.63, 3.8) is 0 Å². The molecular weight excluding hydrogens is 228 g/mol. The van der Waals surface area contributed by atoms with Crippen LogP contribution < -0.4 is 5.32 Å². The lowest BCUT2D eigenvalue weighted by molar-refractivity contribution is 0.0635. The second-order valence-electron chi connectivity index (χ2n) is 4.74. The lowest BCUT2D eigenvalue weighted by Crippen LogP contribution is -2.27. The number of ether oxygens (including phenoxy) is 1. The summed E-state index contributed by atoms with van der Waals surface area (Å²) in [5.41, 5.74) is -0.408. The number of rotatable bonds is 1. The van der Waals surface area contributed by atoms with Crippen molar-refractivity contribution < 1.29 is 18.3 Å². The molecule has 94 valence electrons. The zero-order valence-corrected chi connectivity index (χ0v) is 10.2. The molecule has 1 rings (SSSR count). The van der Waals surface area contributed by atoms with Crippen LogP contribution in [0.3, 0.4) is 0 Å². The first kappa shape index (κ1) is 13.4. The molecule has 0 spiro atoms. The van der Waals surface area contributed by atoms with Crippen LogP contribution in [-0.2, 0) is 4.74 Å². The molecule has 0 atom stereocenters. The van der Waals surface area contributed by atoms with Crippen molar-refractivity contribution in [3.8, 4) is 0 Å². The van der Waals surface area contributed by atoms with Gasteiger partial charge in [0.1, 0.15) is 5.60 Å². The van der Waals surface area contributed by atoms with Crippen molar-refractivity contribution in [1.29, 1.82) is 0 Å². The van der Waals surface area contributed by atoms with Crippen LogP contribution in [-0.4, -0.2) is 11.7 Å². The fraction of sp³-hybridized carbons (Fsp3) is 0.417. The smallest absolute Gasteiger partial charge is 0.412 e. The first-order valence-corrected chi connectivity index (χ1v) is 5.15. The lowest BCUT2D eigenvalue weighted by atomic mass is 10.2. The maximum atomic E-state index is 13.3. The van der Waals surface area contributed by atoms with E-state index >= 15 is 0 Å². The molecule has 0 radical (unpaired) electrons. The maximum Gasteiger partial charge on any atom is 0.412 e. The molecule has 0 aliphatic heterocycles. The highest BCUT2D eigenvalue weighted by Crippen LogP contribution is 2.20. The van der Waals surface area contributed by atoms with Crippen molar-refractivity contribution in [2.45, 2.75) is 33.3 Å². The van der Waals surface area contributed by atoms with E-state index in [1.807, 2.05) is 0 Å². The Morgan fingerprint density at radius 3 is 2.41 bits per heavy atom. The molecule has 0 saturated heterocycles. The van der Waals surface area contributed by atoms with E-state index in [0.29, 0.717) is 5.56 Å². The van der Waals surface area contributed by atoms with E-state index in [-0.39, 0.29) is 5.69 Å². The number of hydrogen-bond donors (Lipinski definition) is 1. The number of anilines is 1. The minimum Gasteiger partial charge on any atom is -0.444 e. The normalized spacial score (nSPS) is 11.2. The largest absolute Gasteiger partial charge is 0.444 e. The van der Waals surface area contributed by atoms with Crippen LogP contribution in [0.25, 0.3) is 0 Å². The van der Waals surface area contributed by atoms with Gasteiger partial charge in [-0.3, -0.25) is 5.32 Å². The zero-order valence-electron chi connectivity index (χ0n) is 10.2. The number of aryl methyl sites for hydroxylation is 1. The van der Waals surface area contributed by atoms with Gasteiger partial charge in [-0.15, -0.1) is 0 Å². The molecule has 0 unspecified atom stereocenters. The van der Waals surface area contributed by atoms with Gasteiger partial charge in [0, 0.05) is 0 Å². The molecule has 5 heteroatoms. The number of carbonyl (C=O) groups excluding carboxylic acids is 1. The Morgan fingerprint density at radius 1 is 1.29 bits per heavy atom.